The lowest BCUT2D eigenvalue weighted by atomic mass is 9.95. The second-order valence-electron chi connectivity index (χ2n) is 5.42. The highest BCUT2D eigenvalue weighted by Gasteiger charge is 2.27. The van der Waals surface area contributed by atoms with Gasteiger partial charge in [-0.3, -0.25) is 14.9 Å². The van der Waals surface area contributed by atoms with Crippen LogP contribution >= 0.6 is 15.9 Å². The summed E-state index contributed by atoms with van der Waals surface area (Å²) in [4.78, 5) is 24.1. The molecule has 2 aromatic rings. The number of carbonyl (C=O) groups excluding carboxylic acids is 2. The molecule has 1 aliphatic rings. The lowest BCUT2D eigenvalue weighted by Gasteiger charge is -2.18. The fraction of sp³-hybridized carbons (Fsp3) is 0.111. The molecule has 0 bridgehead atoms. The van der Waals surface area contributed by atoms with Crippen LogP contribution < -0.4 is 15.4 Å². The first kappa shape index (κ1) is 17.0. The average Bonchev–Trinajstić information content (AvgIpc) is 2.58. The monoisotopic (exact) mass is 402 g/mol. The van der Waals surface area contributed by atoms with E-state index in [2.05, 4.69) is 26.6 Å². The number of benzene rings is 2. The number of ether oxygens (including phenoxy) is 1. The van der Waals surface area contributed by atoms with Crippen LogP contribution in [0.1, 0.15) is 21.5 Å². The van der Waals surface area contributed by atoms with E-state index < -0.39 is 11.8 Å². The van der Waals surface area contributed by atoms with Crippen LogP contribution in [0, 0.1) is 0 Å². The molecule has 128 valence electrons. The standard InChI is InChI=1S/C18H15BrN2O4/c1-25-16-5-2-10(6-15(16)22)8-20-9-14-12-4-3-11(19)7-13(12)17(23)21-18(14)24/h2-7,9,20,22H,8H2,1H3,(H,21,23,24). The largest absolute Gasteiger partial charge is 0.504 e. The van der Waals surface area contributed by atoms with Crippen molar-refractivity contribution in [1.82, 2.24) is 10.6 Å². The first-order chi connectivity index (χ1) is 12.0. The fourth-order valence-electron chi connectivity index (χ4n) is 2.56. The first-order valence-corrected chi connectivity index (χ1v) is 8.24. The van der Waals surface area contributed by atoms with E-state index in [1.54, 1.807) is 42.6 Å². The molecule has 0 fully saturated rings. The van der Waals surface area contributed by atoms with Gasteiger partial charge in [-0.25, -0.2) is 0 Å². The number of rotatable bonds is 4. The van der Waals surface area contributed by atoms with Gasteiger partial charge in [0.15, 0.2) is 11.5 Å². The molecule has 0 atom stereocenters. The van der Waals surface area contributed by atoms with Gasteiger partial charge in [-0.05, 0) is 29.8 Å². The highest BCUT2D eigenvalue weighted by molar-refractivity contribution is 9.10. The molecular formula is C18H15BrN2O4. The van der Waals surface area contributed by atoms with Gasteiger partial charge in [0.25, 0.3) is 11.8 Å². The van der Waals surface area contributed by atoms with Crippen LogP contribution in [-0.4, -0.2) is 24.0 Å². The van der Waals surface area contributed by atoms with Gasteiger partial charge in [0.1, 0.15) is 0 Å². The summed E-state index contributed by atoms with van der Waals surface area (Å²) in [7, 11) is 1.48. The quantitative estimate of drug-likeness (QED) is 0.540. The number of methoxy groups -OCH3 is 1. The molecule has 0 unspecified atom stereocenters. The van der Waals surface area contributed by atoms with E-state index in [-0.39, 0.29) is 5.75 Å². The Morgan fingerprint density at radius 3 is 2.68 bits per heavy atom. The Kier molecular flexibility index (Phi) is 4.76. The van der Waals surface area contributed by atoms with Crippen LogP contribution in [0.2, 0.25) is 0 Å². The van der Waals surface area contributed by atoms with Crippen LogP contribution in [0.5, 0.6) is 11.5 Å². The molecule has 2 amide bonds. The van der Waals surface area contributed by atoms with Crippen molar-refractivity contribution in [2.24, 2.45) is 0 Å². The Balaban J connectivity index is 1.82. The highest BCUT2D eigenvalue weighted by Crippen LogP contribution is 2.27. The Hall–Kier alpha value is -2.80. The molecule has 0 aromatic heterocycles. The minimum atomic E-state index is -0.454. The van der Waals surface area contributed by atoms with Gasteiger partial charge in [0.05, 0.1) is 12.7 Å². The summed E-state index contributed by atoms with van der Waals surface area (Å²) in [6.07, 6.45) is 1.57. The van der Waals surface area contributed by atoms with Crippen LogP contribution in [0.15, 0.2) is 47.1 Å². The molecule has 1 heterocycles. The number of phenols is 1. The third kappa shape index (κ3) is 3.51. The van der Waals surface area contributed by atoms with Crippen molar-refractivity contribution in [3.05, 3.63) is 63.8 Å². The molecule has 7 heteroatoms. The molecule has 0 aliphatic carbocycles. The Morgan fingerprint density at radius 2 is 1.96 bits per heavy atom. The number of phenolic OH excluding ortho intramolecular Hbond substituents is 1. The van der Waals surface area contributed by atoms with Crippen molar-refractivity contribution in [2.75, 3.05) is 7.11 Å². The molecular weight excluding hydrogens is 388 g/mol. The SMILES string of the molecule is COc1ccc(CNC=C2C(=O)NC(=O)c3cc(Br)ccc32)cc1O. The normalized spacial score (nSPS) is 14.9. The molecule has 1 aliphatic heterocycles. The molecule has 2 aromatic carbocycles. The second-order valence-corrected chi connectivity index (χ2v) is 6.33. The van der Waals surface area contributed by atoms with Crippen LogP contribution in [0.4, 0.5) is 0 Å². The van der Waals surface area contributed by atoms with Gasteiger partial charge in [-0.15, -0.1) is 0 Å². The van der Waals surface area contributed by atoms with Crippen molar-refractivity contribution < 1.29 is 19.4 Å². The molecule has 3 rings (SSSR count). The van der Waals surface area contributed by atoms with Gasteiger partial charge in [0.2, 0.25) is 0 Å². The number of aromatic hydroxyl groups is 1. The van der Waals surface area contributed by atoms with E-state index in [1.807, 2.05) is 0 Å². The van der Waals surface area contributed by atoms with Gasteiger partial charge in [-0.2, -0.15) is 0 Å². The summed E-state index contributed by atoms with van der Waals surface area (Å²) in [5.41, 5.74) is 2.20. The van der Waals surface area contributed by atoms with Crippen molar-refractivity contribution in [3.63, 3.8) is 0 Å². The van der Waals surface area contributed by atoms with Crippen molar-refractivity contribution in [1.29, 1.82) is 0 Å². The molecule has 0 radical (unpaired) electrons. The third-order valence-corrected chi connectivity index (χ3v) is 4.28. The molecule has 3 N–H and O–H groups in total. The van der Waals surface area contributed by atoms with Gasteiger partial charge in [-0.1, -0.05) is 28.1 Å². The number of imide groups is 1. The lowest BCUT2D eigenvalue weighted by Crippen LogP contribution is -2.37. The summed E-state index contributed by atoms with van der Waals surface area (Å²) in [6, 6.07) is 10.2. The Bertz CT molecular complexity index is 893. The molecule has 0 saturated heterocycles. The van der Waals surface area contributed by atoms with E-state index in [0.717, 1.165) is 10.0 Å². The number of amides is 2. The summed E-state index contributed by atoms with van der Waals surface area (Å²) in [5, 5.41) is 15.2. The number of fused-ring (bicyclic) bond motifs is 1. The number of carbonyl (C=O) groups is 2. The van der Waals surface area contributed by atoms with Gasteiger partial charge >= 0.3 is 0 Å². The van der Waals surface area contributed by atoms with E-state index in [0.29, 0.717) is 29.0 Å². The molecule has 6 nitrogen and oxygen atoms in total. The maximum Gasteiger partial charge on any atom is 0.260 e. The average molecular weight is 403 g/mol. The maximum atomic E-state index is 12.1. The van der Waals surface area contributed by atoms with Gasteiger partial charge in [0, 0.05) is 28.3 Å². The van der Waals surface area contributed by atoms with E-state index in [9.17, 15) is 14.7 Å². The zero-order valence-electron chi connectivity index (χ0n) is 13.3. The van der Waals surface area contributed by atoms with Crippen molar-refractivity contribution >= 4 is 33.3 Å². The predicted molar refractivity (Wildman–Crippen MR) is 96.1 cm³/mol. The summed E-state index contributed by atoms with van der Waals surface area (Å²) >= 11 is 3.32. The summed E-state index contributed by atoms with van der Waals surface area (Å²) < 4.78 is 5.76. The number of hydrogen-bond acceptors (Lipinski definition) is 5. The highest BCUT2D eigenvalue weighted by atomic mass is 79.9. The summed E-state index contributed by atoms with van der Waals surface area (Å²) in [6.45, 7) is 0.397. The maximum absolute atomic E-state index is 12.1. The molecule has 0 saturated carbocycles. The number of nitrogens with one attached hydrogen (secondary N) is 2. The number of halogens is 1. The number of hydrogen-bond donors (Lipinski definition) is 3. The van der Waals surface area contributed by atoms with Crippen LogP contribution in [-0.2, 0) is 11.3 Å². The van der Waals surface area contributed by atoms with Crippen LogP contribution in [0.25, 0.3) is 5.57 Å². The Morgan fingerprint density at radius 1 is 1.16 bits per heavy atom. The minimum Gasteiger partial charge on any atom is -0.504 e. The Labute approximate surface area is 152 Å². The fourth-order valence-corrected chi connectivity index (χ4v) is 2.92. The van der Waals surface area contributed by atoms with E-state index in [1.165, 1.54) is 7.11 Å². The lowest BCUT2D eigenvalue weighted by molar-refractivity contribution is -0.114. The predicted octanol–water partition coefficient (Wildman–Crippen LogP) is 2.56. The van der Waals surface area contributed by atoms with Crippen LogP contribution in [0.3, 0.4) is 0 Å². The van der Waals surface area contributed by atoms with Crippen molar-refractivity contribution in [3.8, 4) is 11.5 Å². The topological polar surface area (TPSA) is 87.7 Å². The zero-order chi connectivity index (χ0) is 18.0. The van der Waals surface area contributed by atoms with Gasteiger partial charge < -0.3 is 15.2 Å². The third-order valence-electron chi connectivity index (χ3n) is 3.78. The van der Waals surface area contributed by atoms with E-state index in [4.69, 9.17) is 4.74 Å². The first-order valence-electron chi connectivity index (χ1n) is 7.44. The smallest absolute Gasteiger partial charge is 0.260 e. The van der Waals surface area contributed by atoms with Crippen molar-refractivity contribution in [2.45, 2.75) is 6.54 Å². The summed E-state index contributed by atoms with van der Waals surface area (Å²) in [5.74, 6) is -0.430. The second kappa shape index (κ2) is 6.98. The molecule has 25 heavy (non-hydrogen) atoms. The minimum absolute atomic E-state index is 0.0469. The zero-order valence-corrected chi connectivity index (χ0v) is 14.9. The van der Waals surface area contributed by atoms with E-state index >= 15 is 0 Å². The molecule has 0 spiro atoms.